The lowest BCUT2D eigenvalue weighted by molar-refractivity contribution is 1.37. The van der Waals surface area contributed by atoms with Gasteiger partial charge in [-0.05, 0) is 17.5 Å². The predicted molar refractivity (Wildman–Crippen MR) is 62.9 cm³/mol. The minimum Gasteiger partial charge on any atom is -0.264 e. The molecule has 0 unspecified atom stereocenters. The van der Waals surface area contributed by atoms with Crippen molar-refractivity contribution in [1.29, 1.82) is 0 Å². The van der Waals surface area contributed by atoms with Crippen LogP contribution in [0, 0.1) is 0 Å². The molecule has 3 heterocycles. The van der Waals surface area contributed by atoms with Crippen molar-refractivity contribution in [2.24, 2.45) is 0 Å². The van der Waals surface area contributed by atoms with E-state index >= 15 is 0 Å². The summed E-state index contributed by atoms with van der Waals surface area (Å²) in [5.41, 5.74) is 1.31. The van der Waals surface area contributed by atoms with Crippen LogP contribution in [0.1, 0.15) is 0 Å². The first-order valence-electron chi connectivity index (χ1n) is 4.30. The summed E-state index contributed by atoms with van der Waals surface area (Å²) >= 11 is 3.55. The maximum absolute atomic E-state index is 4.17. The zero-order chi connectivity index (χ0) is 9.38. The molecule has 3 rings (SSSR count). The molecule has 0 amide bonds. The largest absolute Gasteiger partial charge is 0.264 e. The second-order valence-corrected chi connectivity index (χ2v) is 4.86. The molecule has 3 aromatic heterocycles. The Labute approximate surface area is 89.7 Å². The molecular formula is C11H7NS2. The van der Waals surface area contributed by atoms with Crippen molar-refractivity contribution >= 4 is 32.8 Å². The van der Waals surface area contributed by atoms with Gasteiger partial charge in [-0.1, -0.05) is 6.07 Å². The Kier molecular flexibility index (Phi) is 1.85. The van der Waals surface area contributed by atoms with Crippen LogP contribution in [0.3, 0.4) is 0 Å². The molecule has 14 heavy (non-hydrogen) atoms. The first kappa shape index (κ1) is 8.15. The zero-order valence-electron chi connectivity index (χ0n) is 7.31. The Morgan fingerprint density at radius 3 is 3.00 bits per heavy atom. The lowest BCUT2D eigenvalue weighted by Gasteiger charge is -1.93. The van der Waals surface area contributed by atoms with Crippen LogP contribution in [-0.2, 0) is 0 Å². The Hall–Kier alpha value is -1.19. The summed E-state index contributed by atoms with van der Waals surface area (Å²) in [5.74, 6) is 0. The fourth-order valence-electron chi connectivity index (χ4n) is 1.50. The number of pyridine rings is 1. The Morgan fingerprint density at radius 2 is 2.14 bits per heavy atom. The molecule has 3 heteroatoms. The van der Waals surface area contributed by atoms with Crippen molar-refractivity contribution in [3.8, 4) is 10.4 Å². The monoisotopic (exact) mass is 217 g/mol. The number of fused-ring (bicyclic) bond motifs is 1. The molecular weight excluding hydrogens is 210 g/mol. The number of thiophene rings is 2. The summed E-state index contributed by atoms with van der Waals surface area (Å²) < 4.78 is 1.31. The van der Waals surface area contributed by atoms with E-state index < -0.39 is 0 Å². The molecule has 1 nitrogen and oxygen atoms in total. The van der Waals surface area contributed by atoms with Crippen LogP contribution in [0.5, 0.6) is 0 Å². The standard InChI is InChI=1S/C11H7NS2/c1-2-10(13-5-1)9-7-14-11-3-4-12-6-8(9)11/h1-7H. The van der Waals surface area contributed by atoms with Gasteiger partial charge >= 0.3 is 0 Å². The number of hydrogen-bond donors (Lipinski definition) is 0. The topological polar surface area (TPSA) is 12.9 Å². The summed E-state index contributed by atoms with van der Waals surface area (Å²) in [5, 5.41) is 5.58. The molecule has 0 saturated heterocycles. The molecule has 0 aliphatic carbocycles. The average Bonchev–Trinajstić information content (AvgIpc) is 2.85. The fraction of sp³-hybridized carbons (Fsp3) is 0. The second kappa shape index (κ2) is 3.19. The van der Waals surface area contributed by atoms with Crippen LogP contribution in [0.4, 0.5) is 0 Å². The number of nitrogens with zero attached hydrogens (tertiary/aromatic N) is 1. The molecule has 0 bridgehead atoms. The molecule has 0 spiro atoms. The van der Waals surface area contributed by atoms with Crippen molar-refractivity contribution in [3.63, 3.8) is 0 Å². The van der Waals surface area contributed by atoms with Gasteiger partial charge in [0.1, 0.15) is 0 Å². The van der Waals surface area contributed by atoms with E-state index in [1.807, 2.05) is 12.4 Å². The van der Waals surface area contributed by atoms with Crippen LogP contribution in [0.15, 0.2) is 41.4 Å². The van der Waals surface area contributed by atoms with Gasteiger partial charge in [0.05, 0.1) is 0 Å². The number of rotatable bonds is 1. The summed E-state index contributed by atoms with van der Waals surface area (Å²) in [6.07, 6.45) is 3.79. The summed E-state index contributed by atoms with van der Waals surface area (Å²) in [6.45, 7) is 0. The van der Waals surface area contributed by atoms with Gasteiger partial charge in [-0.15, -0.1) is 22.7 Å². The normalized spacial score (nSPS) is 10.9. The second-order valence-electron chi connectivity index (χ2n) is 3.00. The number of aromatic nitrogens is 1. The quantitative estimate of drug-likeness (QED) is 0.600. The van der Waals surface area contributed by atoms with E-state index in [4.69, 9.17) is 0 Å². The van der Waals surface area contributed by atoms with E-state index in [-0.39, 0.29) is 0 Å². The van der Waals surface area contributed by atoms with E-state index in [0.29, 0.717) is 0 Å². The first-order valence-corrected chi connectivity index (χ1v) is 6.06. The molecule has 0 saturated carbocycles. The van der Waals surface area contributed by atoms with Crippen LogP contribution < -0.4 is 0 Å². The Balaban J connectivity index is 2.33. The van der Waals surface area contributed by atoms with Crippen molar-refractivity contribution in [3.05, 3.63) is 41.4 Å². The smallest absolute Gasteiger partial charge is 0.0380 e. The molecule has 0 atom stereocenters. The van der Waals surface area contributed by atoms with Gasteiger partial charge in [0, 0.05) is 38.3 Å². The lowest BCUT2D eigenvalue weighted by Crippen LogP contribution is -1.70. The first-order chi connectivity index (χ1) is 6.95. The highest BCUT2D eigenvalue weighted by atomic mass is 32.1. The minimum atomic E-state index is 1.26. The van der Waals surface area contributed by atoms with Crippen LogP contribution in [0.2, 0.25) is 0 Å². The van der Waals surface area contributed by atoms with Crippen LogP contribution in [-0.4, -0.2) is 4.98 Å². The van der Waals surface area contributed by atoms with Gasteiger partial charge in [-0.25, -0.2) is 0 Å². The maximum atomic E-state index is 4.17. The molecule has 0 fully saturated rings. The van der Waals surface area contributed by atoms with Gasteiger partial charge in [-0.2, -0.15) is 0 Å². The predicted octanol–water partition coefficient (Wildman–Crippen LogP) is 4.02. The van der Waals surface area contributed by atoms with Crippen LogP contribution in [0.25, 0.3) is 20.5 Å². The SMILES string of the molecule is c1csc(-c2csc3ccncc23)c1. The molecule has 68 valence electrons. The number of hydrogen-bond acceptors (Lipinski definition) is 3. The lowest BCUT2D eigenvalue weighted by atomic mass is 10.2. The maximum Gasteiger partial charge on any atom is 0.0380 e. The van der Waals surface area contributed by atoms with Gasteiger partial charge in [0.15, 0.2) is 0 Å². The van der Waals surface area contributed by atoms with E-state index in [2.05, 4.69) is 33.9 Å². The van der Waals surface area contributed by atoms with Gasteiger partial charge in [0.2, 0.25) is 0 Å². The highest BCUT2D eigenvalue weighted by Crippen LogP contribution is 2.35. The molecule has 0 N–H and O–H groups in total. The highest BCUT2D eigenvalue weighted by Gasteiger charge is 2.06. The summed E-state index contributed by atoms with van der Waals surface area (Å²) in [4.78, 5) is 5.49. The average molecular weight is 217 g/mol. The van der Waals surface area contributed by atoms with E-state index in [1.54, 1.807) is 22.7 Å². The van der Waals surface area contributed by atoms with E-state index in [9.17, 15) is 0 Å². The van der Waals surface area contributed by atoms with E-state index in [1.165, 1.54) is 20.5 Å². The van der Waals surface area contributed by atoms with Crippen molar-refractivity contribution < 1.29 is 0 Å². The highest BCUT2D eigenvalue weighted by molar-refractivity contribution is 7.19. The third-order valence-electron chi connectivity index (χ3n) is 2.16. The molecule has 0 aromatic carbocycles. The fourth-order valence-corrected chi connectivity index (χ4v) is 3.25. The van der Waals surface area contributed by atoms with Crippen molar-refractivity contribution in [2.45, 2.75) is 0 Å². The molecule has 0 aliphatic rings. The Morgan fingerprint density at radius 1 is 1.14 bits per heavy atom. The van der Waals surface area contributed by atoms with Crippen LogP contribution >= 0.6 is 22.7 Å². The molecule has 0 aliphatic heterocycles. The third kappa shape index (κ3) is 1.17. The zero-order valence-corrected chi connectivity index (χ0v) is 8.94. The van der Waals surface area contributed by atoms with Crippen molar-refractivity contribution in [1.82, 2.24) is 4.98 Å². The van der Waals surface area contributed by atoms with Gasteiger partial charge in [0.25, 0.3) is 0 Å². The summed E-state index contributed by atoms with van der Waals surface area (Å²) in [6, 6.07) is 6.30. The molecule has 0 radical (unpaired) electrons. The summed E-state index contributed by atoms with van der Waals surface area (Å²) in [7, 11) is 0. The Bertz CT molecular complexity index is 551. The van der Waals surface area contributed by atoms with Gasteiger partial charge in [-0.3, -0.25) is 4.98 Å². The van der Waals surface area contributed by atoms with Gasteiger partial charge < -0.3 is 0 Å². The third-order valence-corrected chi connectivity index (χ3v) is 4.03. The molecule has 3 aromatic rings. The van der Waals surface area contributed by atoms with Crippen molar-refractivity contribution in [2.75, 3.05) is 0 Å². The minimum absolute atomic E-state index is 1.26. The van der Waals surface area contributed by atoms with E-state index in [0.717, 1.165) is 0 Å².